The first-order chi connectivity index (χ1) is 8.34. The van der Waals surface area contributed by atoms with E-state index < -0.39 is 0 Å². The van der Waals surface area contributed by atoms with Crippen LogP contribution >= 0.6 is 15.9 Å². The van der Waals surface area contributed by atoms with Gasteiger partial charge in [-0.1, -0.05) is 19.9 Å². The number of hydrogen-bond donors (Lipinski definition) is 0. The van der Waals surface area contributed by atoms with Crippen molar-refractivity contribution in [3.05, 3.63) is 27.7 Å². The lowest BCUT2D eigenvalue weighted by molar-refractivity contribution is -0.122. The second kappa shape index (κ2) is 4.50. The minimum Gasteiger partial charge on any atom is -0.274 e. The van der Waals surface area contributed by atoms with Crippen molar-refractivity contribution in [2.45, 2.75) is 27.7 Å². The summed E-state index contributed by atoms with van der Waals surface area (Å²) in [4.78, 5) is 25.7. The molecule has 4 heteroatoms. The number of carbonyl (C=O) groups is 2. The van der Waals surface area contributed by atoms with Crippen molar-refractivity contribution in [1.82, 2.24) is 0 Å². The highest BCUT2D eigenvalue weighted by molar-refractivity contribution is 9.10. The van der Waals surface area contributed by atoms with Crippen molar-refractivity contribution >= 4 is 33.4 Å². The first kappa shape index (κ1) is 13.3. The molecule has 2 amide bonds. The highest BCUT2D eigenvalue weighted by Crippen LogP contribution is 2.37. The summed E-state index contributed by atoms with van der Waals surface area (Å²) in [5.41, 5.74) is 2.72. The quantitative estimate of drug-likeness (QED) is 0.747. The van der Waals surface area contributed by atoms with Crippen LogP contribution in [0.3, 0.4) is 0 Å². The molecule has 2 rings (SSSR count). The molecule has 1 fully saturated rings. The Morgan fingerprint density at radius 1 is 1.06 bits per heavy atom. The van der Waals surface area contributed by atoms with E-state index in [2.05, 4.69) is 15.9 Å². The van der Waals surface area contributed by atoms with Crippen LogP contribution in [0.1, 0.15) is 25.0 Å². The van der Waals surface area contributed by atoms with Gasteiger partial charge in [0.25, 0.3) is 0 Å². The van der Waals surface area contributed by atoms with Gasteiger partial charge in [-0.3, -0.25) is 9.59 Å². The normalized spacial score (nSPS) is 23.9. The van der Waals surface area contributed by atoms with Gasteiger partial charge in [0.05, 0.1) is 5.69 Å². The van der Waals surface area contributed by atoms with E-state index in [0.717, 1.165) is 15.6 Å². The molecule has 1 aliphatic heterocycles. The van der Waals surface area contributed by atoms with Crippen molar-refractivity contribution in [1.29, 1.82) is 0 Å². The largest absolute Gasteiger partial charge is 0.274 e. The molecular formula is C14H16BrNO2. The molecule has 2 atom stereocenters. The molecule has 96 valence electrons. The molecule has 0 aliphatic carbocycles. The lowest BCUT2D eigenvalue weighted by Gasteiger charge is -2.19. The van der Waals surface area contributed by atoms with E-state index in [0.29, 0.717) is 5.69 Å². The summed E-state index contributed by atoms with van der Waals surface area (Å²) in [7, 11) is 0. The van der Waals surface area contributed by atoms with Gasteiger partial charge in [0.2, 0.25) is 11.8 Å². The smallest absolute Gasteiger partial charge is 0.237 e. The molecule has 1 aromatic carbocycles. The van der Waals surface area contributed by atoms with Crippen LogP contribution in [0.4, 0.5) is 5.69 Å². The van der Waals surface area contributed by atoms with Crippen LogP contribution in [0.2, 0.25) is 0 Å². The van der Waals surface area contributed by atoms with Gasteiger partial charge in [-0.2, -0.15) is 0 Å². The van der Waals surface area contributed by atoms with Gasteiger partial charge in [-0.15, -0.1) is 0 Å². The molecule has 18 heavy (non-hydrogen) atoms. The van der Waals surface area contributed by atoms with E-state index in [-0.39, 0.29) is 23.7 Å². The topological polar surface area (TPSA) is 37.4 Å². The van der Waals surface area contributed by atoms with Crippen LogP contribution in [0.15, 0.2) is 16.6 Å². The van der Waals surface area contributed by atoms with Crippen LogP contribution in [-0.4, -0.2) is 11.8 Å². The molecule has 1 heterocycles. The Bertz CT molecular complexity index is 496. The number of carbonyl (C=O) groups excluding carboxylic acids is 2. The Labute approximate surface area is 115 Å². The minimum absolute atomic E-state index is 0.111. The number of nitrogens with zero attached hydrogens (tertiary/aromatic N) is 1. The minimum atomic E-state index is -0.245. The second-order valence-electron chi connectivity index (χ2n) is 5.00. The SMILES string of the molecule is Cc1cc(C)c(N2C(=O)C(C)C(C)C2=O)c(Br)c1. The number of imide groups is 1. The second-order valence-corrected chi connectivity index (χ2v) is 5.86. The summed E-state index contributed by atoms with van der Waals surface area (Å²) in [6.07, 6.45) is 0. The van der Waals surface area contributed by atoms with E-state index in [1.807, 2.05) is 39.8 Å². The van der Waals surface area contributed by atoms with Crippen molar-refractivity contribution < 1.29 is 9.59 Å². The van der Waals surface area contributed by atoms with E-state index in [1.165, 1.54) is 4.90 Å². The molecule has 0 N–H and O–H groups in total. The molecule has 1 saturated heterocycles. The van der Waals surface area contributed by atoms with E-state index >= 15 is 0 Å². The third-order valence-corrected chi connectivity index (χ3v) is 4.20. The summed E-state index contributed by atoms with van der Waals surface area (Å²) in [5, 5.41) is 0. The Morgan fingerprint density at radius 3 is 2.00 bits per heavy atom. The summed E-state index contributed by atoms with van der Waals surface area (Å²) in [6, 6.07) is 3.91. The fraction of sp³-hybridized carbons (Fsp3) is 0.429. The average molecular weight is 310 g/mol. The number of rotatable bonds is 1. The molecular weight excluding hydrogens is 294 g/mol. The third-order valence-electron chi connectivity index (χ3n) is 3.59. The summed E-state index contributed by atoms with van der Waals surface area (Å²) < 4.78 is 0.794. The molecule has 2 unspecified atom stereocenters. The Hall–Kier alpha value is -1.16. The number of amides is 2. The predicted molar refractivity (Wildman–Crippen MR) is 74.4 cm³/mol. The molecule has 0 spiro atoms. The fourth-order valence-corrected chi connectivity index (χ4v) is 3.21. The van der Waals surface area contributed by atoms with Crippen molar-refractivity contribution in [3.8, 4) is 0 Å². The molecule has 1 aromatic rings. The average Bonchev–Trinajstić information content (AvgIpc) is 2.45. The maximum Gasteiger partial charge on any atom is 0.237 e. The van der Waals surface area contributed by atoms with Crippen LogP contribution in [0.5, 0.6) is 0 Å². The third kappa shape index (κ3) is 1.88. The number of anilines is 1. The lowest BCUT2D eigenvalue weighted by atomic mass is 10.00. The molecule has 3 nitrogen and oxygen atoms in total. The number of benzene rings is 1. The number of aryl methyl sites for hydroxylation is 2. The Kier molecular flexibility index (Phi) is 3.32. The van der Waals surface area contributed by atoms with Gasteiger partial charge in [0.15, 0.2) is 0 Å². The Morgan fingerprint density at radius 2 is 1.56 bits per heavy atom. The number of hydrogen-bond acceptors (Lipinski definition) is 2. The maximum atomic E-state index is 12.2. The monoisotopic (exact) mass is 309 g/mol. The van der Waals surface area contributed by atoms with Crippen molar-refractivity contribution in [3.63, 3.8) is 0 Å². The highest BCUT2D eigenvalue weighted by atomic mass is 79.9. The van der Waals surface area contributed by atoms with Crippen molar-refractivity contribution in [2.75, 3.05) is 4.90 Å². The van der Waals surface area contributed by atoms with E-state index in [1.54, 1.807) is 0 Å². The maximum absolute atomic E-state index is 12.2. The van der Waals surface area contributed by atoms with Gasteiger partial charge >= 0.3 is 0 Å². The van der Waals surface area contributed by atoms with Crippen LogP contribution in [-0.2, 0) is 9.59 Å². The summed E-state index contributed by atoms with van der Waals surface area (Å²) in [5.74, 6) is -0.712. The molecule has 0 saturated carbocycles. The van der Waals surface area contributed by atoms with Gasteiger partial charge in [-0.05, 0) is 47.0 Å². The molecule has 0 radical (unpaired) electrons. The summed E-state index contributed by atoms with van der Waals surface area (Å²) >= 11 is 3.46. The molecule has 0 bridgehead atoms. The van der Waals surface area contributed by atoms with Gasteiger partial charge in [-0.25, -0.2) is 4.90 Å². The zero-order chi connectivity index (χ0) is 13.6. The highest BCUT2D eigenvalue weighted by Gasteiger charge is 2.44. The van der Waals surface area contributed by atoms with Gasteiger partial charge in [0, 0.05) is 16.3 Å². The van der Waals surface area contributed by atoms with Crippen LogP contribution < -0.4 is 4.90 Å². The standard InChI is InChI=1S/C14H16BrNO2/c1-7-5-8(2)12(11(15)6-7)16-13(17)9(3)10(4)14(16)18/h5-6,9-10H,1-4H3. The Balaban J connectivity index is 2.57. The first-order valence-electron chi connectivity index (χ1n) is 5.99. The predicted octanol–water partition coefficient (Wildman–Crippen LogP) is 3.21. The zero-order valence-electron chi connectivity index (χ0n) is 11.0. The van der Waals surface area contributed by atoms with Gasteiger partial charge < -0.3 is 0 Å². The fourth-order valence-electron chi connectivity index (χ4n) is 2.36. The lowest BCUT2D eigenvalue weighted by Crippen LogP contribution is -2.31. The summed E-state index contributed by atoms with van der Waals surface area (Å²) in [6.45, 7) is 7.52. The number of halogens is 1. The van der Waals surface area contributed by atoms with E-state index in [4.69, 9.17) is 0 Å². The van der Waals surface area contributed by atoms with Crippen molar-refractivity contribution in [2.24, 2.45) is 11.8 Å². The molecule has 0 aromatic heterocycles. The first-order valence-corrected chi connectivity index (χ1v) is 6.78. The van der Waals surface area contributed by atoms with Crippen LogP contribution in [0, 0.1) is 25.7 Å². The zero-order valence-corrected chi connectivity index (χ0v) is 12.5. The van der Waals surface area contributed by atoms with Gasteiger partial charge in [0.1, 0.15) is 0 Å². The molecule has 1 aliphatic rings. The van der Waals surface area contributed by atoms with Crippen LogP contribution in [0.25, 0.3) is 0 Å². The van der Waals surface area contributed by atoms with E-state index in [9.17, 15) is 9.59 Å².